The molecule has 0 spiro atoms. The SMILES string of the molecule is c1ccc2[nH]ncc2c1.c1ccc2c[nH]cc2c1. The van der Waals surface area contributed by atoms with Crippen molar-refractivity contribution >= 4 is 21.7 Å². The fourth-order valence-electron chi connectivity index (χ4n) is 1.88. The molecule has 0 aliphatic rings. The van der Waals surface area contributed by atoms with Gasteiger partial charge in [0.15, 0.2) is 0 Å². The highest BCUT2D eigenvalue weighted by atomic mass is 15.1. The van der Waals surface area contributed by atoms with Gasteiger partial charge in [0, 0.05) is 17.8 Å². The minimum atomic E-state index is 1.09. The molecule has 0 bridgehead atoms. The van der Waals surface area contributed by atoms with Crippen LogP contribution in [0.25, 0.3) is 21.7 Å². The minimum absolute atomic E-state index is 1.09. The van der Waals surface area contributed by atoms with Gasteiger partial charge >= 0.3 is 0 Å². The van der Waals surface area contributed by atoms with Crippen LogP contribution in [-0.4, -0.2) is 15.2 Å². The van der Waals surface area contributed by atoms with E-state index in [4.69, 9.17) is 0 Å². The summed E-state index contributed by atoms with van der Waals surface area (Å²) in [7, 11) is 0. The van der Waals surface area contributed by atoms with Gasteiger partial charge in [0.1, 0.15) is 0 Å². The van der Waals surface area contributed by atoms with E-state index in [-0.39, 0.29) is 0 Å². The molecule has 2 heterocycles. The van der Waals surface area contributed by atoms with Crippen molar-refractivity contribution in [2.24, 2.45) is 0 Å². The topological polar surface area (TPSA) is 44.5 Å². The average molecular weight is 235 g/mol. The summed E-state index contributed by atoms with van der Waals surface area (Å²) in [6.07, 6.45) is 5.81. The lowest BCUT2D eigenvalue weighted by Gasteiger charge is -1.81. The van der Waals surface area contributed by atoms with Crippen LogP contribution in [-0.2, 0) is 0 Å². The Balaban J connectivity index is 0.000000111. The molecule has 4 rings (SSSR count). The van der Waals surface area contributed by atoms with Crippen LogP contribution in [0.4, 0.5) is 0 Å². The van der Waals surface area contributed by atoms with E-state index in [0.717, 1.165) is 10.9 Å². The van der Waals surface area contributed by atoms with Crippen molar-refractivity contribution < 1.29 is 0 Å². The summed E-state index contributed by atoms with van der Waals surface area (Å²) < 4.78 is 0. The lowest BCUT2D eigenvalue weighted by molar-refractivity contribution is 1.12. The predicted octanol–water partition coefficient (Wildman–Crippen LogP) is 3.73. The maximum absolute atomic E-state index is 3.88. The van der Waals surface area contributed by atoms with Crippen LogP contribution >= 0.6 is 0 Å². The number of nitrogens with one attached hydrogen (secondary N) is 2. The molecule has 88 valence electrons. The van der Waals surface area contributed by atoms with Crippen LogP contribution in [0, 0.1) is 0 Å². The Labute approximate surface area is 104 Å². The number of nitrogens with zero attached hydrogens (tertiary/aromatic N) is 1. The van der Waals surface area contributed by atoms with Crippen LogP contribution in [0.3, 0.4) is 0 Å². The zero-order valence-corrected chi connectivity index (χ0v) is 9.80. The number of para-hydroxylation sites is 1. The fourth-order valence-corrected chi connectivity index (χ4v) is 1.88. The Morgan fingerprint density at radius 1 is 0.722 bits per heavy atom. The maximum Gasteiger partial charge on any atom is 0.0650 e. The molecule has 4 aromatic rings. The molecule has 2 N–H and O–H groups in total. The number of hydrogen-bond acceptors (Lipinski definition) is 1. The van der Waals surface area contributed by atoms with Gasteiger partial charge in [-0.3, -0.25) is 5.10 Å². The molecule has 2 aromatic carbocycles. The standard InChI is InChI=1S/C8H7N.C7H6N2/c1-2-4-8-6-9-5-7(8)3-1;1-2-4-7-6(3-1)5-8-9-7/h1-6,9H;1-5H,(H,8,9). The highest BCUT2D eigenvalue weighted by molar-refractivity contribution is 5.81. The third-order valence-electron chi connectivity index (χ3n) is 2.82. The van der Waals surface area contributed by atoms with Crippen molar-refractivity contribution in [3.8, 4) is 0 Å². The largest absolute Gasteiger partial charge is 0.366 e. The van der Waals surface area contributed by atoms with Crippen molar-refractivity contribution in [1.29, 1.82) is 0 Å². The van der Waals surface area contributed by atoms with E-state index in [2.05, 4.69) is 27.3 Å². The summed E-state index contributed by atoms with van der Waals surface area (Å²) >= 11 is 0. The Morgan fingerprint density at radius 2 is 1.33 bits per heavy atom. The van der Waals surface area contributed by atoms with Gasteiger partial charge in [0.05, 0.1) is 11.7 Å². The Morgan fingerprint density at radius 3 is 2.00 bits per heavy atom. The van der Waals surface area contributed by atoms with Gasteiger partial charge < -0.3 is 4.98 Å². The first-order valence-electron chi connectivity index (χ1n) is 5.83. The number of benzene rings is 2. The number of hydrogen-bond donors (Lipinski definition) is 2. The van der Waals surface area contributed by atoms with Crippen molar-refractivity contribution in [2.45, 2.75) is 0 Å². The Kier molecular flexibility index (Phi) is 2.80. The molecule has 0 saturated heterocycles. The third kappa shape index (κ3) is 2.11. The molecule has 0 aliphatic heterocycles. The van der Waals surface area contributed by atoms with Crippen molar-refractivity contribution in [2.75, 3.05) is 0 Å². The summed E-state index contributed by atoms with van der Waals surface area (Å²) in [6, 6.07) is 16.3. The second kappa shape index (κ2) is 4.75. The summed E-state index contributed by atoms with van der Waals surface area (Å²) in [5, 5.41) is 10.5. The van der Waals surface area contributed by atoms with E-state index in [1.54, 1.807) is 0 Å². The van der Waals surface area contributed by atoms with Gasteiger partial charge in [0.2, 0.25) is 0 Å². The Hall–Kier alpha value is -2.55. The fraction of sp³-hybridized carbons (Fsp3) is 0. The molecule has 0 radical (unpaired) electrons. The second-order valence-corrected chi connectivity index (χ2v) is 4.04. The molecule has 0 amide bonds. The first-order valence-corrected chi connectivity index (χ1v) is 5.83. The number of fused-ring (bicyclic) bond motifs is 2. The van der Waals surface area contributed by atoms with Gasteiger partial charge in [-0.2, -0.15) is 5.10 Å². The van der Waals surface area contributed by atoms with E-state index in [0.29, 0.717) is 0 Å². The number of aromatic amines is 2. The van der Waals surface area contributed by atoms with Crippen molar-refractivity contribution in [3.05, 3.63) is 67.1 Å². The Bertz CT molecular complexity index is 626. The van der Waals surface area contributed by atoms with Gasteiger partial charge in [-0.25, -0.2) is 0 Å². The first-order chi connectivity index (χ1) is 8.93. The zero-order valence-electron chi connectivity index (χ0n) is 9.80. The maximum atomic E-state index is 3.88. The van der Waals surface area contributed by atoms with Crippen molar-refractivity contribution in [1.82, 2.24) is 15.2 Å². The highest BCUT2D eigenvalue weighted by Gasteiger charge is 1.88. The molecule has 2 aromatic heterocycles. The quantitative estimate of drug-likeness (QED) is 0.479. The second-order valence-electron chi connectivity index (χ2n) is 4.04. The summed E-state index contributed by atoms with van der Waals surface area (Å²) in [5.41, 5.74) is 1.09. The van der Waals surface area contributed by atoms with Gasteiger partial charge in [-0.1, -0.05) is 42.5 Å². The van der Waals surface area contributed by atoms with E-state index in [1.165, 1.54) is 10.8 Å². The van der Waals surface area contributed by atoms with E-state index >= 15 is 0 Å². The number of H-pyrrole nitrogens is 2. The first kappa shape index (κ1) is 10.6. The van der Waals surface area contributed by atoms with Gasteiger partial charge in [-0.05, 0) is 16.8 Å². The molecular formula is C15H13N3. The molecule has 3 nitrogen and oxygen atoms in total. The molecule has 3 heteroatoms. The molecule has 0 saturated carbocycles. The lowest BCUT2D eigenvalue weighted by atomic mass is 10.2. The van der Waals surface area contributed by atoms with Gasteiger partial charge in [0.25, 0.3) is 0 Å². The van der Waals surface area contributed by atoms with Crippen molar-refractivity contribution in [3.63, 3.8) is 0 Å². The molecule has 0 fully saturated rings. The van der Waals surface area contributed by atoms with Crippen LogP contribution in [0.2, 0.25) is 0 Å². The minimum Gasteiger partial charge on any atom is -0.366 e. The predicted molar refractivity (Wildman–Crippen MR) is 74.4 cm³/mol. The van der Waals surface area contributed by atoms with Gasteiger partial charge in [-0.15, -0.1) is 0 Å². The summed E-state index contributed by atoms with van der Waals surface area (Å²) in [4.78, 5) is 3.04. The number of rotatable bonds is 0. The normalized spacial score (nSPS) is 10.2. The number of aromatic nitrogens is 3. The van der Waals surface area contributed by atoms with Crippen LogP contribution in [0.1, 0.15) is 0 Å². The third-order valence-corrected chi connectivity index (χ3v) is 2.82. The smallest absolute Gasteiger partial charge is 0.0650 e. The highest BCUT2D eigenvalue weighted by Crippen LogP contribution is 2.10. The van der Waals surface area contributed by atoms with Crippen LogP contribution in [0.15, 0.2) is 67.1 Å². The molecule has 0 unspecified atom stereocenters. The molecule has 18 heavy (non-hydrogen) atoms. The average Bonchev–Trinajstić information content (AvgIpc) is 3.08. The monoisotopic (exact) mass is 235 g/mol. The molecular weight excluding hydrogens is 222 g/mol. The molecule has 0 atom stereocenters. The lowest BCUT2D eigenvalue weighted by Crippen LogP contribution is -1.63. The van der Waals surface area contributed by atoms with Crippen LogP contribution in [0.5, 0.6) is 0 Å². The van der Waals surface area contributed by atoms with Crippen LogP contribution < -0.4 is 0 Å². The zero-order chi connectivity index (χ0) is 12.2. The van der Waals surface area contributed by atoms with E-state index in [1.807, 2.05) is 55.0 Å². The van der Waals surface area contributed by atoms with E-state index in [9.17, 15) is 0 Å². The molecule has 0 aliphatic carbocycles. The van der Waals surface area contributed by atoms with E-state index < -0.39 is 0 Å². The summed E-state index contributed by atoms with van der Waals surface area (Å²) in [5.74, 6) is 0. The summed E-state index contributed by atoms with van der Waals surface area (Å²) in [6.45, 7) is 0.